The maximum atomic E-state index is 4.00. The average molecular weight is 482 g/mol. The zero-order chi connectivity index (χ0) is 24.5. The maximum Gasteiger partial charge on any atom is 0.0494 e. The fourth-order valence-corrected chi connectivity index (χ4v) is 5.30. The van der Waals surface area contributed by atoms with Gasteiger partial charge in [0, 0.05) is 22.6 Å². The Morgan fingerprint density at radius 1 is 1.09 bits per heavy atom. The second-order valence-corrected chi connectivity index (χ2v) is 10.1. The number of aryl methyl sites for hydroxylation is 2. The Balaban J connectivity index is 0.000000820. The number of nitrogens with zero attached hydrogens (tertiary/aromatic N) is 1. The molecule has 3 heteroatoms. The van der Waals surface area contributed by atoms with E-state index in [4.69, 9.17) is 0 Å². The molecule has 1 unspecified atom stereocenters. The van der Waals surface area contributed by atoms with Gasteiger partial charge in [0.25, 0.3) is 0 Å². The van der Waals surface area contributed by atoms with Crippen molar-refractivity contribution in [3.05, 3.63) is 77.9 Å². The zero-order valence-electron chi connectivity index (χ0n) is 20.9. The molecule has 1 nitrogen and oxygen atoms in total. The van der Waals surface area contributed by atoms with Gasteiger partial charge in [0.15, 0.2) is 0 Å². The third-order valence-corrected chi connectivity index (χ3v) is 7.77. The van der Waals surface area contributed by atoms with E-state index in [1.54, 1.807) is 6.08 Å². The Hall–Kier alpha value is -1.60. The first-order valence-electron chi connectivity index (χ1n) is 12.1. The molecule has 1 saturated carbocycles. The minimum Gasteiger partial charge on any atom is -0.290 e. The van der Waals surface area contributed by atoms with E-state index in [9.17, 15) is 0 Å². The number of hydrogen-bond donors (Lipinski definition) is 1. The van der Waals surface area contributed by atoms with Gasteiger partial charge in [-0.3, -0.25) is 4.90 Å². The van der Waals surface area contributed by atoms with Crippen molar-refractivity contribution in [2.75, 3.05) is 18.7 Å². The molecule has 33 heavy (non-hydrogen) atoms. The molecule has 1 aliphatic rings. The van der Waals surface area contributed by atoms with Crippen molar-refractivity contribution >= 4 is 24.4 Å². The number of thiol groups is 1. The van der Waals surface area contributed by atoms with Crippen LogP contribution in [0.25, 0.3) is 0 Å². The smallest absolute Gasteiger partial charge is 0.0494 e. The summed E-state index contributed by atoms with van der Waals surface area (Å²) in [6.45, 7) is 7.79. The molecule has 3 rings (SSSR count). The summed E-state index contributed by atoms with van der Waals surface area (Å²) < 4.78 is 0. The van der Waals surface area contributed by atoms with Gasteiger partial charge in [-0.05, 0) is 50.4 Å². The van der Waals surface area contributed by atoms with Gasteiger partial charge in [-0.15, -0.1) is 31.2 Å². The first-order chi connectivity index (χ1) is 16.0. The summed E-state index contributed by atoms with van der Waals surface area (Å²) in [6.07, 6.45) is 19.6. The lowest BCUT2D eigenvalue weighted by atomic mass is 9.95. The van der Waals surface area contributed by atoms with Gasteiger partial charge in [0.2, 0.25) is 0 Å². The van der Waals surface area contributed by atoms with Gasteiger partial charge in [0.05, 0.1) is 0 Å². The Kier molecular flexibility index (Phi) is 15.9. The second-order valence-electron chi connectivity index (χ2n) is 8.78. The molecule has 0 radical (unpaired) electrons. The van der Waals surface area contributed by atoms with Crippen LogP contribution in [0.5, 0.6) is 0 Å². The molecule has 1 fully saturated rings. The number of rotatable bonds is 10. The number of thioether (sulfide) groups is 1. The minimum absolute atomic E-state index is 0.517. The molecule has 0 aromatic heterocycles. The van der Waals surface area contributed by atoms with E-state index in [2.05, 4.69) is 106 Å². The Morgan fingerprint density at radius 2 is 1.70 bits per heavy atom. The van der Waals surface area contributed by atoms with E-state index < -0.39 is 0 Å². The normalized spacial score (nSPS) is 14.0. The lowest BCUT2D eigenvalue weighted by Gasteiger charge is -2.29. The van der Waals surface area contributed by atoms with E-state index in [1.165, 1.54) is 66.5 Å². The molecule has 1 aliphatic carbocycles. The first-order valence-corrected chi connectivity index (χ1v) is 13.7. The van der Waals surface area contributed by atoms with Gasteiger partial charge >= 0.3 is 0 Å². The van der Waals surface area contributed by atoms with Crippen molar-refractivity contribution in [1.82, 2.24) is 4.90 Å². The van der Waals surface area contributed by atoms with E-state index in [0.29, 0.717) is 6.04 Å². The standard InChI is InChI=1S/C25H35NS.C3H6S.C2H2/c1-20-15-17-23(18-16-20)24(13-8-12-22-10-5-6-11-22)26(3)19-27-25-14-7-4-9-21(25)2;1-2-3-4;1-2/h4,7,9,14-18,22,24H,5-6,8,10-13,19H2,1-3H3;2,4H,1,3H2;1-2H. The molecule has 2 aromatic carbocycles. The molecule has 0 amide bonds. The SMILES string of the molecule is C#C.C=CCS.Cc1ccc(C(CCCC2CCCC2)N(C)CSc2ccccc2C)cc1. The second kappa shape index (κ2) is 17.8. The molecule has 0 bridgehead atoms. The van der Waals surface area contributed by atoms with Gasteiger partial charge < -0.3 is 0 Å². The van der Waals surface area contributed by atoms with Gasteiger partial charge in [-0.2, -0.15) is 12.6 Å². The molecule has 2 aromatic rings. The van der Waals surface area contributed by atoms with Crippen molar-refractivity contribution < 1.29 is 0 Å². The van der Waals surface area contributed by atoms with Crippen LogP contribution in [-0.4, -0.2) is 23.6 Å². The Labute approximate surface area is 213 Å². The molecule has 0 spiro atoms. The highest BCUT2D eigenvalue weighted by atomic mass is 32.2. The predicted molar refractivity (Wildman–Crippen MR) is 153 cm³/mol. The summed E-state index contributed by atoms with van der Waals surface area (Å²) in [5, 5.41) is 0. The van der Waals surface area contributed by atoms with Crippen LogP contribution >= 0.6 is 24.4 Å². The molecule has 180 valence electrons. The van der Waals surface area contributed by atoms with Crippen molar-refractivity contribution in [2.45, 2.75) is 69.7 Å². The van der Waals surface area contributed by atoms with Crippen LogP contribution in [0.1, 0.15) is 67.7 Å². The van der Waals surface area contributed by atoms with Gasteiger partial charge in [-0.1, -0.05) is 92.6 Å². The van der Waals surface area contributed by atoms with E-state index in [-0.39, 0.29) is 0 Å². The summed E-state index contributed by atoms with van der Waals surface area (Å²) in [5.41, 5.74) is 4.20. The molecule has 0 aliphatic heterocycles. The van der Waals surface area contributed by atoms with Crippen LogP contribution in [0.4, 0.5) is 0 Å². The Morgan fingerprint density at radius 3 is 2.27 bits per heavy atom. The lowest BCUT2D eigenvalue weighted by molar-refractivity contribution is 0.261. The molecule has 0 N–H and O–H groups in total. The lowest BCUT2D eigenvalue weighted by Crippen LogP contribution is -2.24. The third-order valence-electron chi connectivity index (χ3n) is 6.21. The Bertz CT molecular complexity index is 790. The fraction of sp³-hybridized carbons (Fsp3) is 0.467. The molecular weight excluding hydrogens is 438 g/mol. The van der Waals surface area contributed by atoms with Crippen LogP contribution < -0.4 is 0 Å². The maximum absolute atomic E-state index is 4.00. The minimum atomic E-state index is 0.517. The monoisotopic (exact) mass is 481 g/mol. The van der Waals surface area contributed by atoms with Crippen LogP contribution in [0.2, 0.25) is 0 Å². The highest BCUT2D eigenvalue weighted by Crippen LogP contribution is 2.33. The summed E-state index contributed by atoms with van der Waals surface area (Å²) in [4.78, 5) is 3.95. The van der Waals surface area contributed by atoms with E-state index in [0.717, 1.165) is 17.5 Å². The van der Waals surface area contributed by atoms with Crippen molar-refractivity contribution in [3.8, 4) is 12.8 Å². The average Bonchev–Trinajstić information content (AvgIpc) is 3.37. The van der Waals surface area contributed by atoms with Crippen LogP contribution in [0.3, 0.4) is 0 Å². The van der Waals surface area contributed by atoms with Gasteiger partial charge in [0.1, 0.15) is 0 Å². The third kappa shape index (κ3) is 11.4. The molecule has 1 atom stereocenters. The van der Waals surface area contributed by atoms with E-state index in [1.807, 2.05) is 11.8 Å². The van der Waals surface area contributed by atoms with Crippen molar-refractivity contribution in [2.24, 2.45) is 5.92 Å². The highest BCUT2D eigenvalue weighted by molar-refractivity contribution is 7.99. The fourth-order valence-electron chi connectivity index (χ4n) is 4.31. The van der Waals surface area contributed by atoms with Gasteiger partial charge in [-0.25, -0.2) is 0 Å². The van der Waals surface area contributed by atoms with Crippen LogP contribution in [0, 0.1) is 32.6 Å². The molecule has 0 heterocycles. The summed E-state index contributed by atoms with van der Waals surface area (Å²) in [6, 6.07) is 18.5. The van der Waals surface area contributed by atoms with Crippen LogP contribution in [-0.2, 0) is 0 Å². The first kappa shape index (κ1) is 29.4. The zero-order valence-corrected chi connectivity index (χ0v) is 22.6. The largest absolute Gasteiger partial charge is 0.290 e. The summed E-state index contributed by atoms with van der Waals surface area (Å²) in [5.74, 6) is 2.81. The molecule has 0 saturated heterocycles. The summed E-state index contributed by atoms with van der Waals surface area (Å²) in [7, 11) is 2.30. The quantitative estimate of drug-likeness (QED) is 0.119. The van der Waals surface area contributed by atoms with E-state index >= 15 is 0 Å². The molecular formula is C30H43NS2. The number of terminal acetylenes is 1. The number of benzene rings is 2. The summed E-state index contributed by atoms with van der Waals surface area (Å²) >= 11 is 5.77. The van der Waals surface area contributed by atoms with Crippen molar-refractivity contribution in [1.29, 1.82) is 0 Å². The highest BCUT2D eigenvalue weighted by Gasteiger charge is 2.20. The predicted octanol–water partition coefficient (Wildman–Crippen LogP) is 8.74. The van der Waals surface area contributed by atoms with Crippen molar-refractivity contribution in [3.63, 3.8) is 0 Å². The topological polar surface area (TPSA) is 3.24 Å². The van der Waals surface area contributed by atoms with Crippen LogP contribution in [0.15, 0.2) is 66.1 Å². The number of hydrogen-bond acceptors (Lipinski definition) is 3.